The van der Waals surface area contributed by atoms with E-state index < -0.39 is 5.54 Å². The Balaban J connectivity index is 1.94. The maximum atomic E-state index is 12.1. The molecule has 0 radical (unpaired) electrons. The van der Waals surface area contributed by atoms with Crippen LogP contribution in [0.15, 0.2) is 5.11 Å². The van der Waals surface area contributed by atoms with Crippen LogP contribution in [0.1, 0.15) is 32.1 Å². The molecule has 2 rings (SSSR count). The van der Waals surface area contributed by atoms with Gasteiger partial charge in [-0.3, -0.25) is 4.79 Å². The van der Waals surface area contributed by atoms with E-state index in [1.165, 1.54) is 13.5 Å². The van der Waals surface area contributed by atoms with E-state index in [-0.39, 0.29) is 5.97 Å². The van der Waals surface area contributed by atoms with Gasteiger partial charge >= 0.3 is 5.97 Å². The van der Waals surface area contributed by atoms with Gasteiger partial charge in [0.2, 0.25) is 0 Å². The summed E-state index contributed by atoms with van der Waals surface area (Å²) in [4.78, 5) is 14.8. The molecule has 0 saturated heterocycles. The summed E-state index contributed by atoms with van der Waals surface area (Å²) in [6.07, 6.45) is 5.14. The Morgan fingerprint density at radius 3 is 3.00 bits per heavy atom. The van der Waals surface area contributed by atoms with Gasteiger partial charge in [-0.2, -0.15) is 0 Å². The molecule has 6 nitrogen and oxygen atoms in total. The first kappa shape index (κ1) is 13.2. The summed E-state index contributed by atoms with van der Waals surface area (Å²) in [5, 5.41) is 6.87. The van der Waals surface area contributed by atoms with Crippen molar-refractivity contribution in [2.45, 2.75) is 37.6 Å². The number of rotatable bonds is 6. The predicted octanol–water partition coefficient (Wildman–Crippen LogP) is 2.01. The monoisotopic (exact) mass is 252 g/mol. The van der Waals surface area contributed by atoms with Gasteiger partial charge in [-0.05, 0) is 49.6 Å². The summed E-state index contributed by atoms with van der Waals surface area (Å²) in [6.45, 7) is 1.16. The number of ether oxygens (including phenoxy) is 1. The molecule has 0 aromatic carbocycles. The number of hydrogen-bond donors (Lipinski definition) is 1. The molecule has 3 atom stereocenters. The number of hydrogen-bond acceptors (Lipinski definition) is 4. The van der Waals surface area contributed by atoms with Crippen LogP contribution in [0, 0.1) is 11.8 Å². The number of azide groups is 1. The zero-order chi connectivity index (χ0) is 13.0. The Morgan fingerprint density at radius 1 is 1.61 bits per heavy atom. The maximum absolute atomic E-state index is 12.1. The minimum atomic E-state index is -0.478. The zero-order valence-electron chi connectivity index (χ0n) is 10.8. The van der Waals surface area contributed by atoms with Crippen molar-refractivity contribution >= 4 is 5.97 Å². The molecule has 1 N–H and O–H groups in total. The lowest BCUT2D eigenvalue weighted by Crippen LogP contribution is -2.56. The average molecular weight is 252 g/mol. The van der Waals surface area contributed by atoms with Gasteiger partial charge in [-0.25, -0.2) is 0 Å². The first-order valence-corrected chi connectivity index (χ1v) is 6.57. The molecule has 0 heterocycles. The highest BCUT2D eigenvalue weighted by Gasteiger charge is 2.56. The number of nitrogens with one attached hydrogen (secondary N) is 1. The average Bonchev–Trinajstić information content (AvgIpc) is 2.98. The van der Waals surface area contributed by atoms with E-state index in [0.717, 1.165) is 25.7 Å². The van der Waals surface area contributed by atoms with Crippen LogP contribution < -0.4 is 5.32 Å². The molecular weight excluding hydrogens is 232 g/mol. The summed E-state index contributed by atoms with van der Waals surface area (Å²) in [7, 11) is 1.46. The van der Waals surface area contributed by atoms with Crippen LogP contribution in [0.25, 0.3) is 10.4 Å². The van der Waals surface area contributed by atoms with E-state index in [9.17, 15) is 4.79 Å². The predicted molar refractivity (Wildman–Crippen MR) is 66.8 cm³/mol. The Morgan fingerprint density at radius 2 is 2.44 bits per heavy atom. The van der Waals surface area contributed by atoms with Crippen molar-refractivity contribution in [3.05, 3.63) is 10.4 Å². The fourth-order valence-electron chi connectivity index (χ4n) is 3.56. The molecular formula is C12H20N4O2. The first-order valence-electron chi connectivity index (χ1n) is 6.57. The third-order valence-electron chi connectivity index (χ3n) is 4.34. The van der Waals surface area contributed by atoms with E-state index in [0.29, 0.717) is 24.9 Å². The first-order chi connectivity index (χ1) is 8.73. The maximum Gasteiger partial charge on any atom is 0.326 e. The van der Waals surface area contributed by atoms with Crippen molar-refractivity contribution in [2.75, 3.05) is 20.2 Å². The second-order valence-corrected chi connectivity index (χ2v) is 5.28. The van der Waals surface area contributed by atoms with Crippen molar-refractivity contribution in [1.29, 1.82) is 0 Å². The van der Waals surface area contributed by atoms with Gasteiger partial charge in [0.05, 0.1) is 7.11 Å². The van der Waals surface area contributed by atoms with Crippen molar-refractivity contribution < 1.29 is 9.53 Å². The Labute approximate surface area is 107 Å². The highest BCUT2D eigenvalue weighted by atomic mass is 16.5. The number of carbonyl (C=O) groups excluding carboxylic acids is 1. The summed E-state index contributed by atoms with van der Waals surface area (Å²) in [5.41, 5.74) is 7.73. The third-order valence-corrected chi connectivity index (χ3v) is 4.34. The van der Waals surface area contributed by atoms with Gasteiger partial charge in [0, 0.05) is 11.5 Å². The zero-order valence-corrected chi connectivity index (χ0v) is 10.8. The number of esters is 1. The van der Waals surface area contributed by atoms with Crippen LogP contribution in [0.2, 0.25) is 0 Å². The fraction of sp³-hybridized carbons (Fsp3) is 0.917. The standard InChI is InChI=1S/C12H20N4O2/c1-18-11(17)12(14-5-2-6-15-16-13)8-9-3-4-10(12)7-9/h9-10,14H,2-8H2,1H3. The molecule has 0 aromatic rings. The molecule has 2 bridgehead atoms. The fourth-order valence-corrected chi connectivity index (χ4v) is 3.56. The normalized spacial score (nSPS) is 33.2. The number of nitrogens with zero attached hydrogens (tertiary/aromatic N) is 3. The van der Waals surface area contributed by atoms with Gasteiger partial charge in [0.25, 0.3) is 0 Å². The topological polar surface area (TPSA) is 87.1 Å². The van der Waals surface area contributed by atoms with Gasteiger partial charge in [-0.1, -0.05) is 11.5 Å². The molecule has 2 aliphatic rings. The molecule has 0 spiro atoms. The second kappa shape index (κ2) is 5.59. The lowest BCUT2D eigenvalue weighted by molar-refractivity contribution is -0.151. The third kappa shape index (κ3) is 2.31. The summed E-state index contributed by atoms with van der Waals surface area (Å²) < 4.78 is 4.98. The smallest absolute Gasteiger partial charge is 0.326 e. The number of carbonyl (C=O) groups is 1. The highest BCUT2D eigenvalue weighted by molar-refractivity contribution is 5.82. The summed E-state index contributed by atoms with van der Waals surface area (Å²) in [5.74, 6) is 0.951. The van der Waals surface area contributed by atoms with Crippen molar-refractivity contribution in [3.8, 4) is 0 Å². The number of fused-ring (bicyclic) bond motifs is 2. The molecule has 3 unspecified atom stereocenters. The largest absolute Gasteiger partial charge is 0.468 e. The van der Waals surface area contributed by atoms with Crippen molar-refractivity contribution in [2.24, 2.45) is 17.0 Å². The van der Waals surface area contributed by atoms with Gasteiger partial charge in [-0.15, -0.1) is 0 Å². The molecule has 2 saturated carbocycles. The van der Waals surface area contributed by atoms with Crippen LogP contribution in [0.4, 0.5) is 0 Å². The number of methoxy groups -OCH3 is 1. The highest BCUT2D eigenvalue weighted by Crippen LogP contribution is 2.51. The molecule has 2 fully saturated rings. The molecule has 18 heavy (non-hydrogen) atoms. The Bertz CT molecular complexity index is 367. The van der Waals surface area contributed by atoms with Gasteiger partial charge in [0.1, 0.15) is 5.54 Å². The van der Waals surface area contributed by atoms with E-state index >= 15 is 0 Å². The minimum Gasteiger partial charge on any atom is -0.468 e. The Hall–Kier alpha value is -1.26. The van der Waals surface area contributed by atoms with Crippen LogP contribution in [-0.4, -0.2) is 31.7 Å². The second-order valence-electron chi connectivity index (χ2n) is 5.28. The molecule has 100 valence electrons. The molecule has 0 aromatic heterocycles. The lowest BCUT2D eigenvalue weighted by Gasteiger charge is -2.35. The Kier molecular flexibility index (Phi) is 4.09. The minimum absolute atomic E-state index is 0.126. The SMILES string of the molecule is COC(=O)C1(NCCCN=[N+]=[N-])CC2CCC1C2. The van der Waals surface area contributed by atoms with Crippen molar-refractivity contribution in [1.82, 2.24) is 5.32 Å². The van der Waals surface area contributed by atoms with E-state index in [1.807, 2.05) is 0 Å². The molecule has 0 amide bonds. The van der Waals surface area contributed by atoms with Crippen LogP contribution in [-0.2, 0) is 9.53 Å². The van der Waals surface area contributed by atoms with E-state index in [1.54, 1.807) is 0 Å². The van der Waals surface area contributed by atoms with Gasteiger partial charge < -0.3 is 10.1 Å². The van der Waals surface area contributed by atoms with Crippen LogP contribution in [0.3, 0.4) is 0 Å². The summed E-state index contributed by atoms with van der Waals surface area (Å²) >= 11 is 0. The molecule has 0 aliphatic heterocycles. The lowest BCUT2D eigenvalue weighted by atomic mass is 9.80. The molecule has 2 aliphatic carbocycles. The van der Waals surface area contributed by atoms with Gasteiger partial charge in [0.15, 0.2) is 0 Å². The quantitative estimate of drug-likeness (QED) is 0.258. The van der Waals surface area contributed by atoms with Crippen LogP contribution >= 0.6 is 0 Å². The van der Waals surface area contributed by atoms with E-state index in [2.05, 4.69) is 15.3 Å². The summed E-state index contributed by atoms with van der Waals surface area (Å²) in [6, 6.07) is 0. The van der Waals surface area contributed by atoms with Crippen LogP contribution in [0.5, 0.6) is 0 Å². The van der Waals surface area contributed by atoms with E-state index in [4.69, 9.17) is 10.3 Å². The van der Waals surface area contributed by atoms with Crippen molar-refractivity contribution in [3.63, 3.8) is 0 Å². The molecule has 6 heteroatoms.